The molecule has 6 rings (SSSR count). The van der Waals surface area contributed by atoms with Crippen LogP contribution in [0.15, 0.2) is 47.1 Å². The number of fused-ring (bicyclic) bond motifs is 2. The Balaban J connectivity index is 1.58. The van der Waals surface area contributed by atoms with Crippen LogP contribution in [0, 0.1) is 18.8 Å². The zero-order valence-electron chi connectivity index (χ0n) is 19.0. The van der Waals surface area contributed by atoms with Crippen LogP contribution in [0.3, 0.4) is 0 Å². The number of halogens is 3. The van der Waals surface area contributed by atoms with E-state index in [4.69, 9.17) is 5.73 Å². The van der Waals surface area contributed by atoms with E-state index >= 15 is 0 Å². The predicted octanol–water partition coefficient (Wildman–Crippen LogP) is 2.94. The summed E-state index contributed by atoms with van der Waals surface area (Å²) in [4.78, 5) is 21.0. The van der Waals surface area contributed by atoms with Gasteiger partial charge in [0.05, 0.1) is 35.4 Å². The van der Waals surface area contributed by atoms with Gasteiger partial charge in [-0.2, -0.15) is 28.2 Å². The summed E-state index contributed by atoms with van der Waals surface area (Å²) in [6.07, 6.45) is 0.838. The Hall–Kier alpha value is -3.37. The first-order chi connectivity index (χ1) is 16.0. The summed E-state index contributed by atoms with van der Waals surface area (Å²) in [6, 6.07) is 4.63. The summed E-state index contributed by atoms with van der Waals surface area (Å²) in [5.41, 5.74) is 5.64. The molecule has 2 saturated heterocycles. The first-order valence-corrected chi connectivity index (χ1v) is 11.2. The maximum atomic E-state index is 14.1. The van der Waals surface area contributed by atoms with Crippen molar-refractivity contribution < 1.29 is 18.0 Å². The van der Waals surface area contributed by atoms with Gasteiger partial charge in [0.1, 0.15) is 5.82 Å². The van der Waals surface area contributed by atoms with E-state index in [-0.39, 0.29) is 29.4 Å². The molecule has 1 aromatic carbocycles. The summed E-state index contributed by atoms with van der Waals surface area (Å²) < 4.78 is 41.5. The van der Waals surface area contributed by atoms with Crippen molar-refractivity contribution in [2.24, 2.45) is 22.6 Å². The second kappa shape index (κ2) is 7.57. The van der Waals surface area contributed by atoms with Crippen LogP contribution in [0.5, 0.6) is 0 Å². The lowest BCUT2D eigenvalue weighted by Crippen LogP contribution is -2.67. The zero-order valence-corrected chi connectivity index (χ0v) is 19.0. The number of hydrogen-bond acceptors (Lipinski definition) is 6. The van der Waals surface area contributed by atoms with Crippen molar-refractivity contribution in [3.63, 3.8) is 0 Å². The lowest BCUT2D eigenvalue weighted by molar-refractivity contribution is -0.168. The average Bonchev–Trinajstić information content (AvgIpc) is 3.27. The molecule has 0 radical (unpaired) electrons. The van der Waals surface area contributed by atoms with Crippen LogP contribution >= 0.6 is 0 Å². The minimum absolute atomic E-state index is 0.0316. The van der Waals surface area contributed by atoms with Gasteiger partial charge >= 0.3 is 6.18 Å². The first-order valence-electron chi connectivity index (χ1n) is 11.2. The van der Waals surface area contributed by atoms with Crippen molar-refractivity contribution in [1.29, 1.82) is 0 Å². The van der Waals surface area contributed by atoms with E-state index in [0.29, 0.717) is 17.2 Å². The van der Waals surface area contributed by atoms with E-state index in [1.54, 1.807) is 17.0 Å². The summed E-state index contributed by atoms with van der Waals surface area (Å²) in [5.74, 6) is -0.122. The molecular formula is C23H26F3N7O. The molecule has 1 aliphatic carbocycles. The highest BCUT2D eigenvalue weighted by molar-refractivity contribution is 5.98. The molecule has 3 fully saturated rings. The fraction of sp³-hybridized carbons (Fsp3) is 0.478. The Labute approximate surface area is 194 Å². The predicted molar refractivity (Wildman–Crippen MR) is 119 cm³/mol. The number of nitrogens with zero attached hydrogens (tertiary/aromatic N) is 5. The molecule has 4 heterocycles. The number of amides is 1. The highest BCUT2D eigenvalue weighted by atomic mass is 19.4. The Morgan fingerprint density at radius 3 is 2.56 bits per heavy atom. The van der Waals surface area contributed by atoms with Gasteiger partial charge in [0.25, 0.3) is 5.91 Å². The average molecular weight is 474 g/mol. The molecule has 1 saturated carbocycles. The molecule has 34 heavy (non-hydrogen) atoms. The topological polar surface area (TPSA) is 101 Å². The molecule has 4 aliphatic rings. The largest absolute Gasteiger partial charge is 0.416 e. The second-order valence-electron chi connectivity index (χ2n) is 9.62. The van der Waals surface area contributed by atoms with Crippen LogP contribution in [-0.2, 0) is 0 Å². The molecular weight excluding hydrogens is 447 g/mol. The molecule has 8 nitrogen and oxygen atoms in total. The van der Waals surface area contributed by atoms with E-state index in [1.807, 2.05) is 19.9 Å². The number of piperidine rings is 2. The number of benzene rings is 1. The van der Waals surface area contributed by atoms with Crippen LogP contribution in [-0.4, -0.2) is 55.8 Å². The van der Waals surface area contributed by atoms with Crippen molar-refractivity contribution in [2.45, 2.75) is 57.4 Å². The fourth-order valence-corrected chi connectivity index (χ4v) is 5.21. The quantitative estimate of drug-likeness (QED) is 0.714. The molecule has 2 aromatic rings. The molecule has 3 N–H and O–H groups in total. The van der Waals surface area contributed by atoms with E-state index < -0.39 is 17.8 Å². The van der Waals surface area contributed by atoms with Gasteiger partial charge in [0.15, 0.2) is 5.54 Å². The molecule has 180 valence electrons. The van der Waals surface area contributed by atoms with Gasteiger partial charge in [-0.3, -0.25) is 4.79 Å². The highest BCUT2D eigenvalue weighted by Crippen LogP contribution is 2.49. The monoisotopic (exact) mass is 473 g/mol. The van der Waals surface area contributed by atoms with E-state index in [1.165, 1.54) is 17.2 Å². The summed E-state index contributed by atoms with van der Waals surface area (Å²) in [7, 11) is 0. The molecule has 0 spiro atoms. The van der Waals surface area contributed by atoms with E-state index in [2.05, 4.69) is 20.5 Å². The Bertz CT molecular complexity index is 1180. The second-order valence-corrected chi connectivity index (χ2v) is 9.62. The van der Waals surface area contributed by atoms with Crippen LogP contribution in [0.25, 0.3) is 5.69 Å². The molecule has 2 bridgehead atoms. The van der Waals surface area contributed by atoms with Crippen molar-refractivity contribution in [1.82, 2.24) is 25.2 Å². The Kier molecular flexibility index (Phi) is 4.99. The van der Waals surface area contributed by atoms with Crippen molar-refractivity contribution in [2.75, 3.05) is 0 Å². The number of hydrogen-bond donors (Lipinski definition) is 2. The van der Waals surface area contributed by atoms with Gasteiger partial charge in [-0.25, -0.2) is 4.99 Å². The zero-order chi connectivity index (χ0) is 24.4. The third-order valence-electron chi connectivity index (χ3n) is 7.35. The van der Waals surface area contributed by atoms with Crippen LogP contribution in [0.2, 0.25) is 0 Å². The smallest absolute Gasteiger partial charge is 0.382 e. The number of nitrogens with one attached hydrogen (secondary N) is 1. The molecule has 11 heteroatoms. The third-order valence-corrected chi connectivity index (χ3v) is 7.35. The van der Waals surface area contributed by atoms with Crippen LogP contribution in [0.4, 0.5) is 13.2 Å². The fourth-order valence-electron chi connectivity index (χ4n) is 5.21. The van der Waals surface area contributed by atoms with Gasteiger partial charge < -0.3 is 16.0 Å². The lowest BCUT2D eigenvalue weighted by atomic mass is 9.63. The number of alkyl halides is 3. The number of aromatic nitrogens is 3. The molecule has 3 aliphatic heterocycles. The number of carbonyl (C=O) groups excluding carboxylic acids is 1. The maximum absolute atomic E-state index is 14.1. The van der Waals surface area contributed by atoms with E-state index in [0.717, 1.165) is 31.5 Å². The standard InChI is InChI=1S/C23H26F3N7O/c1-12-4-5-17(33-29-6-7-30-33)16(8-12)21(34)32-15-9-14(10-15)13(2)19(32)18-20(27)28-11-22(3,31-18)23(24,25)26/h4-8,11,13-15,19,31H,9-10,27H2,1-3H3. The van der Waals surface area contributed by atoms with Crippen molar-refractivity contribution >= 4 is 12.1 Å². The van der Waals surface area contributed by atoms with E-state index in [9.17, 15) is 18.0 Å². The third kappa shape index (κ3) is 3.36. The van der Waals surface area contributed by atoms with Crippen molar-refractivity contribution in [3.8, 4) is 5.69 Å². The Morgan fingerprint density at radius 2 is 1.91 bits per heavy atom. The van der Waals surface area contributed by atoms with Gasteiger partial charge in [-0.05, 0) is 50.7 Å². The van der Waals surface area contributed by atoms with Gasteiger partial charge in [-0.15, -0.1) is 0 Å². The minimum atomic E-state index is -4.59. The maximum Gasteiger partial charge on any atom is 0.416 e. The summed E-state index contributed by atoms with van der Waals surface area (Å²) in [5, 5.41) is 10.9. The van der Waals surface area contributed by atoms with Crippen molar-refractivity contribution in [3.05, 3.63) is 53.2 Å². The number of rotatable bonds is 3. The summed E-state index contributed by atoms with van der Waals surface area (Å²) in [6.45, 7) is 4.85. The lowest BCUT2D eigenvalue weighted by Gasteiger charge is -2.58. The van der Waals surface area contributed by atoms with Gasteiger partial charge in [0, 0.05) is 12.3 Å². The highest BCUT2D eigenvalue weighted by Gasteiger charge is 2.57. The number of nitrogens with two attached hydrogens (primary N) is 1. The Morgan fingerprint density at radius 1 is 1.24 bits per heavy atom. The van der Waals surface area contributed by atoms with Crippen LogP contribution in [0.1, 0.15) is 42.6 Å². The minimum Gasteiger partial charge on any atom is -0.382 e. The number of aryl methyl sites for hydroxylation is 1. The molecule has 3 unspecified atom stereocenters. The van der Waals surface area contributed by atoms with Gasteiger partial charge in [-0.1, -0.05) is 18.6 Å². The molecule has 3 atom stereocenters. The number of aliphatic imine (C=N–C) groups is 1. The van der Waals surface area contributed by atoms with Crippen LogP contribution < -0.4 is 11.1 Å². The summed E-state index contributed by atoms with van der Waals surface area (Å²) >= 11 is 0. The number of carbonyl (C=O) groups is 1. The molecule has 1 amide bonds. The van der Waals surface area contributed by atoms with Gasteiger partial charge in [0.2, 0.25) is 0 Å². The normalized spacial score (nSPS) is 30.7. The SMILES string of the molecule is Cc1ccc(-n2nccn2)c(C(=O)N2C3CC(C3)C(C)C2C2=C(N)N=CC(C)(C(F)(F)F)N2)c1. The molecule has 1 aromatic heterocycles. The first kappa shape index (κ1) is 22.4.